The zero-order chi connectivity index (χ0) is 8.53. The van der Waals surface area contributed by atoms with E-state index in [0.29, 0.717) is 0 Å². The van der Waals surface area contributed by atoms with Crippen LogP contribution >= 0.6 is 18.6 Å². The molecule has 3 heteroatoms. The average molecular weight is 245 g/mol. The summed E-state index contributed by atoms with van der Waals surface area (Å²) in [5, 5.41) is 0. The molecule has 0 atom stereocenters. The summed E-state index contributed by atoms with van der Waals surface area (Å²) >= 11 is -0.556. The first-order chi connectivity index (χ1) is 5.35. The van der Waals surface area contributed by atoms with Crippen molar-refractivity contribution < 1.29 is 17.0 Å². The van der Waals surface area contributed by atoms with Crippen molar-refractivity contribution in [2.24, 2.45) is 5.92 Å². The van der Waals surface area contributed by atoms with Gasteiger partial charge in [0.05, 0.1) is 0 Å². The molecular weight excluding hydrogens is 227 g/mol. The first kappa shape index (κ1) is 15.8. The maximum atomic E-state index is 4.89. The molecule has 0 aromatic heterocycles. The van der Waals surface area contributed by atoms with Crippen molar-refractivity contribution in [3.8, 4) is 0 Å². The summed E-state index contributed by atoms with van der Waals surface area (Å²) in [5.41, 5.74) is 0. The van der Waals surface area contributed by atoms with E-state index in [-0.39, 0.29) is 7.43 Å². The van der Waals surface area contributed by atoms with E-state index in [2.05, 4.69) is 6.92 Å². The normalized spacial score (nSPS) is 15.9. The van der Waals surface area contributed by atoms with Gasteiger partial charge in [-0.2, -0.15) is 6.42 Å². The van der Waals surface area contributed by atoms with Crippen LogP contribution in [0.3, 0.4) is 0 Å². The fourth-order valence-corrected chi connectivity index (χ4v) is 1.59. The molecule has 0 aromatic rings. The summed E-state index contributed by atoms with van der Waals surface area (Å²) in [6, 6.07) is 0. The van der Waals surface area contributed by atoms with Gasteiger partial charge in [-0.3, -0.25) is 0 Å². The van der Waals surface area contributed by atoms with Crippen LogP contribution in [-0.2, 0) is 17.0 Å². The Morgan fingerprint density at radius 3 is 2.00 bits per heavy atom. The minimum atomic E-state index is -0.556. The van der Waals surface area contributed by atoms with Crippen LogP contribution in [0, 0.1) is 20.3 Å². The second-order valence-electron chi connectivity index (χ2n) is 2.86. The van der Waals surface area contributed by atoms with Crippen LogP contribution in [0.5, 0.6) is 0 Å². The molecule has 1 fully saturated rings. The van der Waals surface area contributed by atoms with E-state index in [1.54, 1.807) is 0 Å². The van der Waals surface area contributed by atoms with E-state index in [1.165, 1.54) is 32.1 Å². The van der Waals surface area contributed by atoms with Gasteiger partial charge in [0, 0.05) is 0 Å². The Balaban J connectivity index is 0. The quantitative estimate of drug-likeness (QED) is 0.492. The Kier molecular flexibility index (Phi) is 16.1. The Bertz CT molecular complexity index is 72.9. The molecule has 0 heterocycles. The molecule has 0 bridgehead atoms. The van der Waals surface area contributed by atoms with Gasteiger partial charge >= 0.3 is 35.6 Å². The van der Waals surface area contributed by atoms with E-state index in [9.17, 15) is 0 Å². The molecule has 0 spiro atoms. The molecule has 0 amide bonds. The minimum absolute atomic E-state index is 0. The number of hydrogen-bond acceptors (Lipinski definition) is 0. The zero-order valence-corrected chi connectivity index (χ0v) is 10.9. The Hall–Kier alpha value is 1.29. The summed E-state index contributed by atoms with van der Waals surface area (Å²) in [7, 11) is 9.78. The van der Waals surface area contributed by atoms with Gasteiger partial charge in [0.1, 0.15) is 0 Å². The Morgan fingerprint density at radius 2 is 1.67 bits per heavy atom. The van der Waals surface area contributed by atoms with Crippen molar-refractivity contribution in [2.75, 3.05) is 0 Å². The standard InChI is InChI=1S/C8H15.CH3.2ClH.Ti/c1-2-5-8-6-3-4-7-8;;;;/h8H,1-7H2;1H3;2*1H;/q2*-1;;;+2/p-2. The molecule has 0 unspecified atom stereocenters. The van der Waals surface area contributed by atoms with E-state index in [1.807, 2.05) is 0 Å². The molecule has 0 radical (unpaired) electrons. The topological polar surface area (TPSA) is 0 Å². The SMILES string of the molecule is [CH2-]CCC1CCCC1.[CH3-].[Cl][Ti][Cl]. The van der Waals surface area contributed by atoms with Crippen molar-refractivity contribution in [1.82, 2.24) is 0 Å². The van der Waals surface area contributed by atoms with Crippen LogP contribution in [-0.4, -0.2) is 0 Å². The van der Waals surface area contributed by atoms with Crippen molar-refractivity contribution in [1.29, 1.82) is 0 Å². The van der Waals surface area contributed by atoms with Gasteiger partial charge in [-0.25, -0.2) is 0 Å². The molecule has 0 aliphatic heterocycles. The fraction of sp³-hybridized carbons (Fsp3) is 0.778. The second kappa shape index (κ2) is 12.3. The number of rotatable bonds is 2. The molecule has 1 rings (SSSR count). The third kappa shape index (κ3) is 9.38. The molecule has 1 saturated carbocycles. The first-order valence-corrected chi connectivity index (χ1v) is 8.40. The van der Waals surface area contributed by atoms with Crippen LogP contribution in [0.25, 0.3) is 0 Å². The van der Waals surface area contributed by atoms with Gasteiger partial charge in [0.25, 0.3) is 0 Å². The van der Waals surface area contributed by atoms with Crippen LogP contribution in [0.2, 0.25) is 0 Å². The molecule has 0 saturated heterocycles. The average Bonchev–Trinajstić information content (AvgIpc) is 2.42. The summed E-state index contributed by atoms with van der Waals surface area (Å²) in [6.45, 7) is 3.85. The predicted molar refractivity (Wildman–Crippen MR) is 54.7 cm³/mol. The molecule has 1 aliphatic rings. The molecule has 0 nitrogen and oxygen atoms in total. The van der Waals surface area contributed by atoms with Crippen molar-refractivity contribution in [3.05, 3.63) is 14.4 Å². The maximum absolute atomic E-state index is 4.89. The van der Waals surface area contributed by atoms with Crippen LogP contribution < -0.4 is 0 Å². The Labute approximate surface area is 94.1 Å². The second-order valence-corrected chi connectivity index (χ2v) is 5.44. The van der Waals surface area contributed by atoms with E-state index < -0.39 is 17.0 Å². The number of halogens is 2. The van der Waals surface area contributed by atoms with Crippen molar-refractivity contribution >= 4 is 18.6 Å². The van der Waals surface area contributed by atoms with Gasteiger partial charge in [-0.05, 0) is 5.92 Å². The molecule has 74 valence electrons. The zero-order valence-electron chi connectivity index (χ0n) is 7.78. The third-order valence-corrected chi connectivity index (χ3v) is 2.09. The van der Waals surface area contributed by atoms with Crippen molar-refractivity contribution in [3.63, 3.8) is 0 Å². The van der Waals surface area contributed by atoms with E-state index >= 15 is 0 Å². The third-order valence-electron chi connectivity index (χ3n) is 2.09. The van der Waals surface area contributed by atoms with E-state index in [0.717, 1.165) is 12.3 Å². The number of hydrogen-bond donors (Lipinski definition) is 0. The van der Waals surface area contributed by atoms with Crippen LogP contribution in [0.4, 0.5) is 0 Å². The van der Waals surface area contributed by atoms with E-state index in [4.69, 9.17) is 18.6 Å². The van der Waals surface area contributed by atoms with Crippen molar-refractivity contribution in [2.45, 2.75) is 38.5 Å². The Morgan fingerprint density at radius 1 is 1.25 bits per heavy atom. The summed E-state index contributed by atoms with van der Waals surface area (Å²) in [4.78, 5) is 0. The molecule has 0 N–H and O–H groups in total. The monoisotopic (exact) mass is 244 g/mol. The predicted octanol–water partition coefficient (Wildman–Crippen LogP) is 4.62. The van der Waals surface area contributed by atoms with Gasteiger partial charge in [0.2, 0.25) is 0 Å². The molecule has 0 aromatic carbocycles. The van der Waals surface area contributed by atoms with Gasteiger partial charge < -0.3 is 14.4 Å². The first-order valence-electron chi connectivity index (χ1n) is 4.10. The molecule has 12 heavy (non-hydrogen) atoms. The summed E-state index contributed by atoms with van der Waals surface area (Å²) < 4.78 is 0. The molecule has 1 aliphatic carbocycles. The molecular formula is C9H18Cl2Ti-2. The summed E-state index contributed by atoms with van der Waals surface area (Å²) in [5.74, 6) is 1.05. The van der Waals surface area contributed by atoms with Gasteiger partial charge in [-0.15, -0.1) is 0 Å². The van der Waals surface area contributed by atoms with Gasteiger partial charge in [-0.1, -0.05) is 32.1 Å². The van der Waals surface area contributed by atoms with Crippen LogP contribution in [0.1, 0.15) is 38.5 Å². The summed E-state index contributed by atoms with van der Waals surface area (Å²) in [6.07, 6.45) is 8.44. The van der Waals surface area contributed by atoms with Crippen LogP contribution in [0.15, 0.2) is 0 Å². The van der Waals surface area contributed by atoms with Gasteiger partial charge in [0.15, 0.2) is 0 Å². The fourth-order valence-electron chi connectivity index (χ4n) is 1.59.